The number of rotatable bonds is 2. The maximum atomic E-state index is 13.1. The van der Waals surface area contributed by atoms with Crippen molar-refractivity contribution >= 4 is 17.6 Å². The minimum atomic E-state index is -1.19. The molecule has 1 heterocycles. The molecule has 0 saturated heterocycles. The van der Waals surface area contributed by atoms with Gasteiger partial charge in [0.15, 0.2) is 5.69 Å². The third-order valence-electron chi connectivity index (χ3n) is 1.88. The predicted octanol–water partition coefficient (Wildman–Crippen LogP) is 1.76. The lowest BCUT2D eigenvalue weighted by Gasteiger charge is -2.00. The molecule has 82 valence electrons. The molecule has 0 aliphatic carbocycles. The van der Waals surface area contributed by atoms with Gasteiger partial charge in [-0.15, -0.1) is 5.10 Å². The fourth-order valence-electron chi connectivity index (χ4n) is 1.12. The van der Waals surface area contributed by atoms with Crippen molar-refractivity contribution in [1.82, 2.24) is 15.0 Å². The first kappa shape index (κ1) is 10.6. The molecule has 5 nitrogen and oxygen atoms in total. The summed E-state index contributed by atoms with van der Waals surface area (Å²) in [4.78, 5) is 10.6. The van der Waals surface area contributed by atoms with Crippen molar-refractivity contribution < 1.29 is 14.3 Å². The molecule has 1 N–H and O–H groups in total. The van der Waals surface area contributed by atoms with Gasteiger partial charge >= 0.3 is 5.97 Å². The van der Waals surface area contributed by atoms with E-state index in [1.165, 1.54) is 18.3 Å². The highest BCUT2D eigenvalue weighted by Crippen LogP contribution is 2.17. The number of hydrogen-bond donors (Lipinski definition) is 1. The van der Waals surface area contributed by atoms with Gasteiger partial charge in [-0.05, 0) is 12.1 Å². The second kappa shape index (κ2) is 3.90. The molecule has 0 saturated carbocycles. The predicted molar refractivity (Wildman–Crippen MR) is 53.3 cm³/mol. The highest BCUT2D eigenvalue weighted by molar-refractivity contribution is 6.30. The monoisotopic (exact) mass is 241 g/mol. The highest BCUT2D eigenvalue weighted by atomic mass is 35.5. The van der Waals surface area contributed by atoms with Crippen LogP contribution >= 0.6 is 11.6 Å². The average molecular weight is 242 g/mol. The fraction of sp³-hybridized carbons (Fsp3) is 0. The molecular formula is C9H5ClFN3O2. The molecule has 0 unspecified atom stereocenters. The first-order valence-corrected chi connectivity index (χ1v) is 4.57. The van der Waals surface area contributed by atoms with E-state index in [1.54, 1.807) is 0 Å². The third-order valence-corrected chi connectivity index (χ3v) is 2.19. The summed E-state index contributed by atoms with van der Waals surface area (Å²) in [7, 11) is 0. The molecule has 0 radical (unpaired) electrons. The zero-order valence-electron chi connectivity index (χ0n) is 7.76. The van der Waals surface area contributed by atoms with Crippen LogP contribution in [0.4, 0.5) is 4.39 Å². The van der Waals surface area contributed by atoms with E-state index in [4.69, 9.17) is 16.7 Å². The number of carbonyl (C=O) groups is 1. The largest absolute Gasteiger partial charge is 0.476 e. The number of halogens is 2. The number of aromatic nitrogens is 3. The van der Waals surface area contributed by atoms with Gasteiger partial charge in [0.05, 0.1) is 16.9 Å². The van der Waals surface area contributed by atoms with Crippen molar-refractivity contribution in [1.29, 1.82) is 0 Å². The Bertz CT molecular complexity index is 555. The molecule has 7 heteroatoms. The molecule has 0 fully saturated rings. The van der Waals surface area contributed by atoms with Crippen molar-refractivity contribution in [2.45, 2.75) is 0 Å². The molecule has 0 aliphatic heterocycles. The number of carboxylic acids is 1. The normalized spacial score (nSPS) is 10.4. The summed E-state index contributed by atoms with van der Waals surface area (Å²) in [6, 6.07) is 4.00. The maximum Gasteiger partial charge on any atom is 0.358 e. The Morgan fingerprint density at radius 1 is 1.50 bits per heavy atom. The van der Waals surface area contributed by atoms with E-state index >= 15 is 0 Å². The van der Waals surface area contributed by atoms with Crippen molar-refractivity contribution in [3.8, 4) is 5.69 Å². The lowest BCUT2D eigenvalue weighted by atomic mass is 10.3. The Labute approximate surface area is 94.1 Å². The van der Waals surface area contributed by atoms with Gasteiger partial charge in [-0.3, -0.25) is 0 Å². The van der Waals surface area contributed by atoms with Crippen LogP contribution in [0.1, 0.15) is 10.5 Å². The standard InChI is InChI=1S/C9H5ClFN3O2/c10-6-2-1-5(3-7(6)11)14-4-8(9(15)16)12-13-14/h1-4H,(H,15,16). The van der Waals surface area contributed by atoms with Crippen LogP contribution in [0.3, 0.4) is 0 Å². The van der Waals surface area contributed by atoms with E-state index in [-0.39, 0.29) is 10.7 Å². The Kier molecular flexibility index (Phi) is 2.57. The van der Waals surface area contributed by atoms with Gasteiger partial charge in [-0.1, -0.05) is 16.8 Å². The molecular weight excluding hydrogens is 237 g/mol. The van der Waals surface area contributed by atoms with Gasteiger partial charge < -0.3 is 5.11 Å². The van der Waals surface area contributed by atoms with Crippen LogP contribution in [-0.4, -0.2) is 26.1 Å². The van der Waals surface area contributed by atoms with E-state index in [0.717, 1.165) is 10.7 Å². The summed E-state index contributed by atoms with van der Waals surface area (Å²) in [5.41, 5.74) is 0.136. The molecule has 1 aromatic heterocycles. The Hall–Kier alpha value is -1.95. The summed E-state index contributed by atoms with van der Waals surface area (Å²) in [6.07, 6.45) is 1.19. The number of benzene rings is 1. The van der Waals surface area contributed by atoms with Gasteiger partial charge in [0.2, 0.25) is 0 Å². The summed E-state index contributed by atoms with van der Waals surface area (Å²) in [5, 5.41) is 15.6. The van der Waals surface area contributed by atoms with Crippen LogP contribution in [-0.2, 0) is 0 Å². The smallest absolute Gasteiger partial charge is 0.358 e. The molecule has 0 bridgehead atoms. The van der Waals surface area contributed by atoms with Gasteiger partial charge in [0.1, 0.15) is 5.82 Å². The van der Waals surface area contributed by atoms with Crippen LogP contribution in [0.25, 0.3) is 5.69 Å². The van der Waals surface area contributed by atoms with Crippen LogP contribution < -0.4 is 0 Å². The first-order valence-electron chi connectivity index (χ1n) is 4.19. The zero-order chi connectivity index (χ0) is 11.7. The summed E-state index contributed by atoms with van der Waals surface area (Å²) in [5.74, 6) is -1.80. The molecule has 0 amide bonds. The maximum absolute atomic E-state index is 13.1. The average Bonchev–Trinajstić information content (AvgIpc) is 2.71. The van der Waals surface area contributed by atoms with Crippen molar-refractivity contribution in [2.24, 2.45) is 0 Å². The molecule has 2 rings (SSSR count). The summed E-state index contributed by atoms with van der Waals surface area (Å²) >= 11 is 5.51. The molecule has 1 aromatic carbocycles. The fourth-order valence-corrected chi connectivity index (χ4v) is 1.23. The van der Waals surface area contributed by atoms with E-state index in [9.17, 15) is 9.18 Å². The van der Waals surface area contributed by atoms with E-state index in [0.29, 0.717) is 5.69 Å². The topological polar surface area (TPSA) is 68.0 Å². The number of carboxylic acid groups (broad SMARTS) is 1. The van der Waals surface area contributed by atoms with E-state index in [1.807, 2.05) is 0 Å². The van der Waals surface area contributed by atoms with Gasteiger partial charge in [-0.25, -0.2) is 13.9 Å². The van der Waals surface area contributed by atoms with E-state index < -0.39 is 11.8 Å². The first-order chi connectivity index (χ1) is 7.58. The lowest BCUT2D eigenvalue weighted by Crippen LogP contribution is -1.96. The van der Waals surface area contributed by atoms with Crippen molar-refractivity contribution in [3.05, 3.63) is 40.9 Å². The minimum Gasteiger partial charge on any atom is -0.476 e. The zero-order valence-corrected chi connectivity index (χ0v) is 8.52. The molecule has 0 spiro atoms. The second-order valence-electron chi connectivity index (χ2n) is 2.95. The third kappa shape index (κ3) is 1.87. The van der Waals surface area contributed by atoms with Crippen molar-refractivity contribution in [3.63, 3.8) is 0 Å². The Morgan fingerprint density at radius 2 is 2.25 bits per heavy atom. The van der Waals surface area contributed by atoms with Crippen LogP contribution in [0.2, 0.25) is 5.02 Å². The van der Waals surface area contributed by atoms with E-state index in [2.05, 4.69) is 10.3 Å². The second-order valence-corrected chi connectivity index (χ2v) is 3.36. The van der Waals surface area contributed by atoms with Crippen LogP contribution in [0.5, 0.6) is 0 Å². The summed E-state index contributed by atoms with van der Waals surface area (Å²) in [6.45, 7) is 0. The molecule has 0 aliphatic rings. The molecule has 0 atom stereocenters. The van der Waals surface area contributed by atoms with Gasteiger partial charge in [0.25, 0.3) is 0 Å². The van der Waals surface area contributed by atoms with Crippen LogP contribution in [0, 0.1) is 5.82 Å². The number of nitrogens with zero attached hydrogens (tertiary/aromatic N) is 3. The Morgan fingerprint density at radius 3 is 2.81 bits per heavy atom. The molecule has 16 heavy (non-hydrogen) atoms. The van der Waals surface area contributed by atoms with Crippen molar-refractivity contribution in [2.75, 3.05) is 0 Å². The highest BCUT2D eigenvalue weighted by Gasteiger charge is 2.10. The van der Waals surface area contributed by atoms with Gasteiger partial charge in [-0.2, -0.15) is 0 Å². The number of hydrogen-bond acceptors (Lipinski definition) is 3. The molecule has 2 aromatic rings. The quantitative estimate of drug-likeness (QED) is 0.870. The minimum absolute atomic E-state index is 0.0117. The lowest BCUT2D eigenvalue weighted by molar-refractivity contribution is 0.0690. The Balaban J connectivity index is 2.42. The van der Waals surface area contributed by atoms with Gasteiger partial charge in [0, 0.05) is 6.07 Å². The summed E-state index contributed by atoms with van der Waals surface area (Å²) < 4.78 is 14.3. The van der Waals surface area contributed by atoms with Crippen LogP contribution in [0.15, 0.2) is 24.4 Å². The number of aromatic carboxylic acids is 1. The SMILES string of the molecule is O=C(O)c1cn(-c2ccc(Cl)c(F)c2)nn1.